The lowest BCUT2D eigenvalue weighted by Crippen LogP contribution is -1.93. The van der Waals surface area contributed by atoms with Crippen LogP contribution in [0.2, 0.25) is 0 Å². The Labute approximate surface area is 64.1 Å². The Balaban J connectivity index is 2.63. The molecule has 3 heteroatoms. The molecule has 1 aromatic rings. The van der Waals surface area contributed by atoms with Crippen molar-refractivity contribution in [1.82, 2.24) is 4.98 Å². The predicted molar refractivity (Wildman–Crippen MR) is 39.4 cm³/mol. The van der Waals surface area contributed by atoms with Gasteiger partial charge in [-0.15, -0.1) is 0 Å². The third-order valence-corrected chi connectivity index (χ3v) is 2.10. The van der Waals surface area contributed by atoms with E-state index < -0.39 is 6.10 Å². The molecule has 1 aliphatic carbocycles. The number of aromatic amines is 1. The summed E-state index contributed by atoms with van der Waals surface area (Å²) >= 11 is 0. The first-order chi connectivity index (χ1) is 5.20. The van der Waals surface area contributed by atoms with Crippen LogP contribution in [0.3, 0.4) is 0 Å². The summed E-state index contributed by atoms with van der Waals surface area (Å²) in [5.41, 5.74) is 2.31. The number of rotatable bonds is 0. The Bertz CT molecular complexity index is 314. The number of carbonyl (C=O) groups is 1. The number of aliphatic hydroxyl groups is 1. The number of aromatic nitrogens is 1. The molecule has 1 aliphatic rings. The summed E-state index contributed by atoms with van der Waals surface area (Å²) in [5.74, 6) is 0.0475. The summed E-state index contributed by atoms with van der Waals surface area (Å²) in [5, 5.41) is 9.31. The van der Waals surface area contributed by atoms with E-state index in [-0.39, 0.29) is 12.2 Å². The highest BCUT2D eigenvalue weighted by Crippen LogP contribution is 2.31. The highest BCUT2D eigenvalue weighted by atomic mass is 16.3. The summed E-state index contributed by atoms with van der Waals surface area (Å²) in [6.07, 6.45) is 1.39. The summed E-state index contributed by atoms with van der Waals surface area (Å²) < 4.78 is 0. The average molecular weight is 151 g/mol. The standard InChI is InChI=1S/C8H9NO2/c1-4-3-9-8-6(11)2-5(10)7(4)8/h3,6,9,11H,2H2,1H3/t6-/m0/s1. The molecule has 0 saturated heterocycles. The maximum absolute atomic E-state index is 11.2. The van der Waals surface area contributed by atoms with Gasteiger partial charge in [0.05, 0.1) is 5.69 Å². The lowest BCUT2D eigenvalue weighted by molar-refractivity contribution is 0.0927. The van der Waals surface area contributed by atoms with E-state index in [9.17, 15) is 9.90 Å². The van der Waals surface area contributed by atoms with Crippen LogP contribution in [0.5, 0.6) is 0 Å². The number of ketones is 1. The quantitative estimate of drug-likeness (QED) is 0.579. The smallest absolute Gasteiger partial charge is 0.168 e. The number of fused-ring (bicyclic) bond motifs is 1. The molecule has 1 heterocycles. The van der Waals surface area contributed by atoms with Crippen molar-refractivity contribution in [1.29, 1.82) is 0 Å². The van der Waals surface area contributed by atoms with Crippen LogP contribution in [0.1, 0.15) is 34.1 Å². The molecule has 3 nitrogen and oxygen atoms in total. The molecule has 0 saturated carbocycles. The maximum atomic E-state index is 11.2. The van der Waals surface area contributed by atoms with Crippen LogP contribution in [0.4, 0.5) is 0 Å². The third-order valence-electron chi connectivity index (χ3n) is 2.10. The van der Waals surface area contributed by atoms with Crippen LogP contribution in [-0.4, -0.2) is 15.9 Å². The van der Waals surface area contributed by atoms with Crippen LogP contribution in [0, 0.1) is 6.92 Å². The number of nitrogens with one attached hydrogen (secondary N) is 1. The van der Waals surface area contributed by atoms with Crippen molar-refractivity contribution >= 4 is 5.78 Å². The van der Waals surface area contributed by atoms with Crippen LogP contribution in [0.25, 0.3) is 0 Å². The van der Waals surface area contributed by atoms with Gasteiger partial charge < -0.3 is 10.1 Å². The third kappa shape index (κ3) is 0.744. The van der Waals surface area contributed by atoms with Gasteiger partial charge in [-0.2, -0.15) is 0 Å². The van der Waals surface area contributed by atoms with Crippen molar-refractivity contribution in [2.24, 2.45) is 0 Å². The zero-order valence-electron chi connectivity index (χ0n) is 6.22. The number of Topliss-reactive ketones (excluding diaryl/α,β-unsaturated/α-hetero) is 1. The molecular formula is C8H9NO2. The topological polar surface area (TPSA) is 53.1 Å². The fourth-order valence-corrected chi connectivity index (χ4v) is 1.56. The lowest BCUT2D eigenvalue weighted by Gasteiger charge is -1.95. The molecule has 58 valence electrons. The first-order valence-electron chi connectivity index (χ1n) is 3.59. The van der Waals surface area contributed by atoms with Crippen LogP contribution >= 0.6 is 0 Å². The van der Waals surface area contributed by atoms with Crippen LogP contribution in [0.15, 0.2) is 6.20 Å². The van der Waals surface area contributed by atoms with Gasteiger partial charge in [-0.1, -0.05) is 0 Å². The zero-order chi connectivity index (χ0) is 8.01. The molecule has 0 spiro atoms. The lowest BCUT2D eigenvalue weighted by atomic mass is 10.2. The molecule has 0 aromatic carbocycles. The average Bonchev–Trinajstić information content (AvgIpc) is 2.41. The molecule has 11 heavy (non-hydrogen) atoms. The molecule has 2 N–H and O–H groups in total. The van der Waals surface area contributed by atoms with Gasteiger partial charge in [0.25, 0.3) is 0 Å². The fraction of sp³-hybridized carbons (Fsp3) is 0.375. The van der Waals surface area contributed by atoms with E-state index in [1.807, 2.05) is 6.92 Å². The van der Waals surface area contributed by atoms with Gasteiger partial charge in [-0.3, -0.25) is 4.79 Å². The van der Waals surface area contributed by atoms with Gasteiger partial charge in [-0.25, -0.2) is 0 Å². The second kappa shape index (κ2) is 1.95. The van der Waals surface area contributed by atoms with Crippen molar-refractivity contribution in [3.8, 4) is 0 Å². The monoisotopic (exact) mass is 151 g/mol. The molecule has 1 aromatic heterocycles. The number of hydrogen-bond acceptors (Lipinski definition) is 2. The first kappa shape index (κ1) is 6.61. The minimum atomic E-state index is -0.605. The molecule has 0 unspecified atom stereocenters. The number of carbonyl (C=O) groups excluding carboxylic acids is 1. The van der Waals surface area contributed by atoms with E-state index in [0.717, 1.165) is 5.56 Å². The summed E-state index contributed by atoms with van der Waals surface area (Å²) in [4.78, 5) is 14.1. The van der Waals surface area contributed by atoms with E-state index >= 15 is 0 Å². The molecule has 0 fully saturated rings. The molecule has 0 radical (unpaired) electrons. The Morgan fingerprint density at radius 1 is 1.73 bits per heavy atom. The molecule has 0 aliphatic heterocycles. The predicted octanol–water partition coefficient (Wildman–Crippen LogP) is 0.943. The normalized spacial score (nSPS) is 22.4. The Kier molecular flexibility index (Phi) is 1.17. The second-order valence-electron chi connectivity index (χ2n) is 2.90. The maximum Gasteiger partial charge on any atom is 0.168 e. The van der Waals surface area contributed by atoms with Crippen LogP contribution < -0.4 is 0 Å². The molecule has 2 rings (SSSR count). The van der Waals surface area contributed by atoms with Crippen LogP contribution in [-0.2, 0) is 0 Å². The minimum absolute atomic E-state index is 0.0475. The van der Waals surface area contributed by atoms with E-state index in [0.29, 0.717) is 11.3 Å². The van der Waals surface area contributed by atoms with Gasteiger partial charge >= 0.3 is 0 Å². The summed E-state index contributed by atoms with van der Waals surface area (Å²) in [6, 6.07) is 0. The minimum Gasteiger partial charge on any atom is -0.386 e. The highest BCUT2D eigenvalue weighted by molar-refractivity contribution is 6.01. The number of aliphatic hydroxyl groups excluding tert-OH is 1. The van der Waals surface area contributed by atoms with Crippen molar-refractivity contribution in [3.05, 3.63) is 23.0 Å². The van der Waals surface area contributed by atoms with Gasteiger partial charge in [0.2, 0.25) is 0 Å². The number of hydrogen-bond donors (Lipinski definition) is 2. The van der Waals surface area contributed by atoms with Gasteiger partial charge in [0, 0.05) is 18.2 Å². The SMILES string of the molecule is Cc1c[nH]c2c1C(=O)C[C@@H]2O. The van der Waals surface area contributed by atoms with Crippen molar-refractivity contribution in [2.45, 2.75) is 19.4 Å². The highest BCUT2D eigenvalue weighted by Gasteiger charge is 2.30. The number of H-pyrrole nitrogens is 1. The van der Waals surface area contributed by atoms with E-state index in [2.05, 4.69) is 4.98 Å². The van der Waals surface area contributed by atoms with Gasteiger partial charge in [0.15, 0.2) is 5.78 Å². The van der Waals surface area contributed by atoms with Crippen molar-refractivity contribution in [2.75, 3.05) is 0 Å². The largest absolute Gasteiger partial charge is 0.386 e. The molecule has 0 bridgehead atoms. The Morgan fingerprint density at radius 3 is 3.09 bits per heavy atom. The summed E-state index contributed by atoms with van der Waals surface area (Å²) in [7, 11) is 0. The van der Waals surface area contributed by atoms with E-state index in [1.54, 1.807) is 6.20 Å². The fourth-order valence-electron chi connectivity index (χ4n) is 1.56. The molecular weight excluding hydrogens is 142 g/mol. The van der Waals surface area contributed by atoms with Crippen molar-refractivity contribution < 1.29 is 9.90 Å². The summed E-state index contributed by atoms with van der Waals surface area (Å²) in [6.45, 7) is 1.87. The Morgan fingerprint density at radius 2 is 2.45 bits per heavy atom. The van der Waals surface area contributed by atoms with Gasteiger partial charge in [-0.05, 0) is 12.5 Å². The second-order valence-corrected chi connectivity index (χ2v) is 2.90. The Hall–Kier alpha value is -1.09. The first-order valence-corrected chi connectivity index (χ1v) is 3.59. The zero-order valence-corrected chi connectivity index (χ0v) is 6.22. The van der Waals surface area contributed by atoms with E-state index in [1.165, 1.54) is 0 Å². The van der Waals surface area contributed by atoms with Gasteiger partial charge in [0.1, 0.15) is 6.10 Å². The molecule has 0 amide bonds. The number of aryl methyl sites for hydroxylation is 1. The van der Waals surface area contributed by atoms with Crippen molar-refractivity contribution in [3.63, 3.8) is 0 Å². The molecule has 1 atom stereocenters. The van der Waals surface area contributed by atoms with E-state index in [4.69, 9.17) is 0 Å².